The Bertz CT molecular complexity index is 3270. The highest BCUT2D eigenvalue weighted by Crippen LogP contribution is 2.17. The van der Waals surface area contributed by atoms with Crippen molar-refractivity contribution in [1.29, 1.82) is 0 Å². The number of H-pyrrole nitrogens is 1. The van der Waals surface area contributed by atoms with Gasteiger partial charge < -0.3 is 116 Å². The zero-order chi connectivity index (χ0) is 74.5. The van der Waals surface area contributed by atoms with Gasteiger partial charge in [-0.25, -0.2) is 9.78 Å². The molecular formula is C61H90N16O21S. The zero-order valence-corrected chi connectivity index (χ0v) is 55.9. The van der Waals surface area contributed by atoms with Crippen LogP contribution in [0.5, 0.6) is 11.5 Å². The molecule has 0 aliphatic carbocycles. The third-order valence-corrected chi connectivity index (χ3v) is 16.0. The fourth-order valence-corrected chi connectivity index (χ4v) is 9.56. The minimum atomic E-state index is -1.96. The first-order chi connectivity index (χ1) is 46.6. The summed E-state index contributed by atoms with van der Waals surface area (Å²) in [5.41, 5.74) is 17.6. The van der Waals surface area contributed by atoms with Crippen molar-refractivity contribution in [3.63, 3.8) is 0 Å². The quantitative estimate of drug-likeness (QED) is 0.0234. The Kier molecular flexibility index (Phi) is 34.2. The molecule has 1 aromatic heterocycles. The Labute approximate surface area is 573 Å². The molecule has 1 heterocycles. The lowest BCUT2D eigenvalue weighted by Gasteiger charge is -2.30. The summed E-state index contributed by atoms with van der Waals surface area (Å²) in [6.07, 6.45) is -2.98. The number of carbonyl (C=O) groups excluding carboxylic acids is 13. The molecule has 3 aromatic rings. The maximum Gasteiger partial charge on any atom is 0.328 e. The van der Waals surface area contributed by atoms with Crippen LogP contribution in [0.15, 0.2) is 61.1 Å². The number of primary amides is 2. The van der Waals surface area contributed by atoms with E-state index in [-0.39, 0.29) is 42.0 Å². The van der Waals surface area contributed by atoms with Gasteiger partial charge >= 0.3 is 5.97 Å². The van der Waals surface area contributed by atoms with Crippen molar-refractivity contribution in [3.05, 3.63) is 77.9 Å². The lowest BCUT2D eigenvalue weighted by atomic mass is 9.96. The van der Waals surface area contributed by atoms with Crippen LogP contribution in [0.25, 0.3) is 0 Å². The number of phenols is 2. The molecule has 25 N–H and O–H groups in total. The molecule has 0 aliphatic rings. The molecule has 0 radical (unpaired) electrons. The standard InChI is InChI=1S/C61H90N16O21S/c1-7-27(3)47(59(95)74-43(25-99)56(92)70-40(21-45(63)85)53(89)72-41(23-78)55(91)73-42(24-79)61(97)98)75-54(90)37(18-32-11-15-35(83)16-12-32)68-52(88)39(20-44(62)84)69-50(86)36(17-31-9-13-34(82)14-10-31)67-51(87)38(19-33-22-65-26-66-33)71-58(94)48(28(4)8-2)76-60(96)49(30(6)81)77-57(93)46(64)29(5)80/h9-16,22,26-30,36-43,46-49,78-83,99H,7-8,17-21,23-25,64H2,1-6H3,(H2,62,84)(H2,63,85)(H,65,66)(H,67,87)(H,68,88)(H,69,86)(H,70,92)(H,71,94)(H,72,89)(H,73,91)(H,74,95)(H,75,90)(H,76,96)(H,77,93)(H,97,98)/t27-,28-,29+,30+,36-,37-,38-,39-,40-,41-,42-,43-,46-,47-,48-,49-/m0/s1. The van der Waals surface area contributed by atoms with E-state index in [9.17, 15) is 103 Å². The van der Waals surface area contributed by atoms with E-state index >= 15 is 0 Å². The Morgan fingerprint density at radius 1 is 0.455 bits per heavy atom. The van der Waals surface area contributed by atoms with Gasteiger partial charge in [0.1, 0.15) is 84.0 Å². The molecule has 13 amide bonds. The monoisotopic (exact) mass is 1410 g/mol. The first-order valence-corrected chi connectivity index (χ1v) is 31.8. The molecule has 0 unspecified atom stereocenters. The highest BCUT2D eigenvalue weighted by atomic mass is 32.1. The SMILES string of the molecule is CC[C@H](C)[C@H](NC(=O)[C@H](Cc1ccc(O)cc1)NC(=O)[C@H](CC(N)=O)NC(=O)[C@H](Cc1ccc(O)cc1)NC(=O)[C@H](Cc1cnc[nH]1)NC(=O)[C@@H](NC(=O)[C@@H](NC(=O)[C@@H](N)[C@@H](C)O)[C@@H](C)O)[C@@H](C)CC)C(=O)N[C@@H](CS)C(=O)N[C@@H](CC(N)=O)C(=O)N[C@@H](CO)C(=O)N[C@@H](CO)C(=O)O. The number of aromatic hydroxyl groups is 2. The summed E-state index contributed by atoms with van der Waals surface area (Å²) in [6.45, 7) is 6.60. The van der Waals surface area contributed by atoms with Crippen molar-refractivity contribution in [3.8, 4) is 11.5 Å². The van der Waals surface area contributed by atoms with E-state index in [0.29, 0.717) is 5.56 Å². The van der Waals surface area contributed by atoms with Crippen molar-refractivity contribution in [1.82, 2.24) is 68.5 Å². The average molecular weight is 1420 g/mol. The van der Waals surface area contributed by atoms with Crippen LogP contribution >= 0.6 is 12.6 Å². The van der Waals surface area contributed by atoms with Crippen LogP contribution in [0.3, 0.4) is 0 Å². The number of hydrogen-bond acceptors (Lipinski definition) is 23. The Hall–Kier alpha value is -10.0. The smallest absolute Gasteiger partial charge is 0.328 e. The van der Waals surface area contributed by atoms with Crippen LogP contribution in [0.2, 0.25) is 0 Å². The van der Waals surface area contributed by atoms with Crippen molar-refractivity contribution < 1.29 is 103 Å². The molecule has 0 spiro atoms. The van der Waals surface area contributed by atoms with Crippen molar-refractivity contribution in [2.45, 2.75) is 171 Å². The van der Waals surface area contributed by atoms with Crippen LogP contribution in [-0.4, -0.2) is 232 Å². The second kappa shape index (κ2) is 40.6. The molecule has 99 heavy (non-hydrogen) atoms. The summed E-state index contributed by atoms with van der Waals surface area (Å²) in [6, 6.07) is -10.1. The molecular weight excluding hydrogens is 1320 g/mol. The van der Waals surface area contributed by atoms with Crippen LogP contribution in [0, 0.1) is 11.8 Å². The number of carboxylic acids is 1. The number of rotatable bonds is 42. The number of aliphatic hydroxyl groups is 4. The minimum Gasteiger partial charge on any atom is -0.508 e. The van der Waals surface area contributed by atoms with Crippen LogP contribution in [0.1, 0.15) is 84.0 Å². The number of aromatic nitrogens is 2. The van der Waals surface area contributed by atoms with Crippen molar-refractivity contribution >= 4 is 95.4 Å². The second-order valence-corrected chi connectivity index (χ2v) is 23.8. The topological polar surface area (TPSA) is 620 Å². The van der Waals surface area contributed by atoms with E-state index in [1.54, 1.807) is 20.8 Å². The Balaban J connectivity index is 2.03. The lowest BCUT2D eigenvalue weighted by molar-refractivity contribution is -0.143. The molecule has 38 heteroatoms. The van der Waals surface area contributed by atoms with Crippen LogP contribution in [-0.2, 0) is 86.4 Å². The van der Waals surface area contributed by atoms with E-state index in [1.807, 2.05) is 10.6 Å². The molecule has 0 saturated heterocycles. The molecule has 0 fully saturated rings. The highest BCUT2D eigenvalue weighted by molar-refractivity contribution is 7.80. The number of nitrogens with one attached hydrogen (secondary N) is 12. The largest absolute Gasteiger partial charge is 0.508 e. The van der Waals surface area contributed by atoms with Gasteiger partial charge in [0.15, 0.2) is 0 Å². The Morgan fingerprint density at radius 2 is 0.788 bits per heavy atom. The summed E-state index contributed by atoms with van der Waals surface area (Å²) >= 11 is 4.16. The first-order valence-electron chi connectivity index (χ1n) is 31.2. The van der Waals surface area contributed by atoms with Crippen molar-refractivity contribution in [2.75, 3.05) is 19.0 Å². The fourth-order valence-electron chi connectivity index (χ4n) is 9.31. The molecule has 546 valence electrons. The van der Waals surface area contributed by atoms with E-state index in [2.05, 4.69) is 70.4 Å². The number of benzene rings is 2. The van der Waals surface area contributed by atoms with Gasteiger partial charge in [0, 0.05) is 36.9 Å². The summed E-state index contributed by atoms with van der Waals surface area (Å²) in [5, 5.41) is 94.9. The van der Waals surface area contributed by atoms with E-state index in [4.69, 9.17) is 17.2 Å². The van der Waals surface area contributed by atoms with Gasteiger partial charge in [-0.05, 0) is 61.1 Å². The van der Waals surface area contributed by atoms with E-state index < -0.39 is 224 Å². The Morgan fingerprint density at radius 3 is 1.16 bits per heavy atom. The number of aromatic amines is 1. The third-order valence-electron chi connectivity index (χ3n) is 15.6. The fraction of sp³-hybridized carbons (Fsp3) is 0.525. The van der Waals surface area contributed by atoms with Crippen molar-refractivity contribution in [2.24, 2.45) is 29.0 Å². The van der Waals surface area contributed by atoms with Crippen LogP contribution in [0.4, 0.5) is 0 Å². The predicted molar refractivity (Wildman–Crippen MR) is 351 cm³/mol. The predicted octanol–water partition coefficient (Wildman–Crippen LogP) is -7.89. The number of carboxylic acid groups (broad SMARTS) is 1. The molecule has 16 atom stereocenters. The van der Waals surface area contributed by atoms with Gasteiger partial charge in [-0.3, -0.25) is 62.3 Å². The zero-order valence-electron chi connectivity index (χ0n) is 55.1. The van der Waals surface area contributed by atoms with Gasteiger partial charge in [-0.1, -0.05) is 64.8 Å². The van der Waals surface area contributed by atoms with E-state index in [1.165, 1.54) is 81.8 Å². The second-order valence-electron chi connectivity index (χ2n) is 23.5. The van der Waals surface area contributed by atoms with Gasteiger partial charge in [-0.15, -0.1) is 0 Å². The van der Waals surface area contributed by atoms with Gasteiger partial charge in [0.2, 0.25) is 76.8 Å². The normalized spacial score (nSPS) is 16.0. The van der Waals surface area contributed by atoms with Gasteiger partial charge in [0.05, 0.1) is 44.6 Å². The molecule has 0 aliphatic heterocycles. The highest BCUT2D eigenvalue weighted by Gasteiger charge is 2.39. The number of phenolic OH excluding ortho intramolecular Hbond substituents is 2. The number of amides is 13. The minimum absolute atomic E-state index is 0.162. The number of aliphatic carboxylic acids is 1. The summed E-state index contributed by atoms with van der Waals surface area (Å²) in [5.74, 6) is -18.8. The maximum absolute atomic E-state index is 14.8. The molecule has 0 saturated carbocycles. The first kappa shape index (κ1) is 83.2. The summed E-state index contributed by atoms with van der Waals surface area (Å²) in [4.78, 5) is 197. The molecule has 0 bridgehead atoms. The number of nitrogens with zero attached hydrogens (tertiary/aromatic N) is 1. The van der Waals surface area contributed by atoms with Crippen LogP contribution < -0.4 is 75.7 Å². The van der Waals surface area contributed by atoms with E-state index in [0.717, 1.165) is 0 Å². The molecule has 2 aromatic carbocycles. The van der Waals surface area contributed by atoms with Gasteiger partial charge in [-0.2, -0.15) is 12.6 Å². The average Bonchev–Trinajstić information content (AvgIpc) is 1.34. The number of hydrogen-bond donors (Lipinski definition) is 23. The maximum atomic E-state index is 14.8. The number of thiol groups is 1. The number of imidazole rings is 1. The number of carbonyl (C=O) groups is 14. The van der Waals surface area contributed by atoms with Gasteiger partial charge in [0.25, 0.3) is 0 Å². The third kappa shape index (κ3) is 27.1. The molecule has 37 nitrogen and oxygen atoms in total. The lowest BCUT2D eigenvalue weighted by Crippen LogP contribution is -2.63. The molecule has 3 rings (SSSR count). The summed E-state index contributed by atoms with van der Waals surface area (Å²) in [7, 11) is 0. The number of aliphatic hydroxyl groups excluding tert-OH is 4. The number of nitrogens with two attached hydrogens (primary N) is 3. The summed E-state index contributed by atoms with van der Waals surface area (Å²) < 4.78 is 0.